The second kappa shape index (κ2) is 11.8. The highest BCUT2D eigenvalue weighted by atomic mass is 79.9. The lowest BCUT2D eigenvalue weighted by Crippen LogP contribution is -2.33. The van der Waals surface area contributed by atoms with Crippen LogP contribution in [0.5, 0.6) is 0 Å². The SMILES string of the molecule is CC(C)[C@@H](NC(=O)c1ccccc1)c1nnc(SCC(=O)Nc2nc(-c3ccc(Br)cc3)cs2)n1C. The van der Waals surface area contributed by atoms with Crippen LogP contribution >= 0.6 is 39.0 Å². The predicted octanol–water partition coefficient (Wildman–Crippen LogP) is 5.56. The summed E-state index contributed by atoms with van der Waals surface area (Å²) in [5, 5.41) is 17.5. The minimum atomic E-state index is -0.328. The summed E-state index contributed by atoms with van der Waals surface area (Å²) in [5.74, 6) is 0.528. The van der Waals surface area contributed by atoms with Gasteiger partial charge in [0.2, 0.25) is 5.91 Å². The second-order valence-corrected chi connectivity index (χ2v) is 11.1. The van der Waals surface area contributed by atoms with E-state index in [1.807, 2.05) is 73.3 Å². The number of halogens is 1. The molecule has 2 N–H and O–H groups in total. The van der Waals surface area contributed by atoms with E-state index in [9.17, 15) is 9.59 Å². The van der Waals surface area contributed by atoms with Crippen molar-refractivity contribution in [2.45, 2.75) is 25.0 Å². The van der Waals surface area contributed by atoms with E-state index in [2.05, 4.69) is 41.7 Å². The zero-order chi connectivity index (χ0) is 25.7. The molecule has 0 aliphatic carbocycles. The number of anilines is 1. The number of carbonyl (C=O) groups excluding carboxylic acids is 2. The highest BCUT2D eigenvalue weighted by Gasteiger charge is 2.25. The normalized spacial score (nSPS) is 11.9. The Balaban J connectivity index is 1.36. The van der Waals surface area contributed by atoms with E-state index in [1.54, 1.807) is 12.1 Å². The first kappa shape index (κ1) is 26.1. The number of thioether (sulfide) groups is 1. The Bertz CT molecular complexity index is 1340. The maximum Gasteiger partial charge on any atom is 0.251 e. The largest absolute Gasteiger partial charge is 0.342 e. The molecule has 186 valence electrons. The summed E-state index contributed by atoms with van der Waals surface area (Å²) in [7, 11) is 1.84. The van der Waals surface area contributed by atoms with Gasteiger partial charge < -0.3 is 15.2 Å². The van der Waals surface area contributed by atoms with Crippen molar-refractivity contribution in [3.8, 4) is 11.3 Å². The van der Waals surface area contributed by atoms with Gasteiger partial charge in [0.25, 0.3) is 5.91 Å². The third-order valence-electron chi connectivity index (χ3n) is 5.36. The first-order valence-corrected chi connectivity index (χ1v) is 13.9. The zero-order valence-corrected chi connectivity index (χ0v) is 23.2. The summed E-state index contributed by atoms with van der Waals surface area (Å²) in [4.78, 5) is 29.8. The number of nitrogens with zero attached hydrogens (tertiary/aromatic N) is 4. The van der Waals surface area contributed by atoms with Gasteiger partial charge in [-0.3, -0.25) is 9.59 Å². The molecule has 4 aromatic rings. The fraction of sp³-hybridized carbons (Fsp3) is 0.240. The van der Waals surface area contributed by atoms with Crippen molar-refractivity contribution in [3.63, 3.8) is 0 Å². The molecule has 11 heteroatoms. The molecule has 0 aliphatic rings. The van der Waals surface area contributed by atoms with E-state index in [1.165, 1.54) is 23.1 Å². The summed E-state index contributed by atoms with van der Waals surface area (Å²) >= 11 is 6.09. The Morgan fingerprint density at radius 3 is 2.50 bits per heavy atom. The molecule has 0 aliphatic heterocycles. The zero-order valence-electron chi connectivity index (χ0n) is 19.9. The molecular formula is C25H25BrN6O2S2. The smallest absolute Gasteiger partial charge is 0.251 e. The summed E-state index contributed by atoms with van der Waals surface area (Å²) in [6.07, 6.45) is 0. The van der Waals surface area contributed by atoms with Crippen LogP contribution in [0.15, 0.2) is 69.6 Å². The van der Waals surface area contributed by atoms with Crippen LogP contribution in [0, 0.1) is 5.92 Å². The fourth-order valence-corrected chi connectivity index (χ4v) is 5.15. The van der Waals surface area contributed by atoms with Gasteiger partial charge in [-0.05, 0) is 30.2 Å². The van der Waals surface area contributed by atoms with Gasteiger partial charge in [0.05, 0.1) is 17.5 Å². The molecule has 0 spiro atoms. The lowest BCUT2D eigenvalue weighted by molar-refractivity contribution is -0.113. The average molecular weight is 586 g/mol. The fourth-order valence-electron chi connectivity index (χ4n) is 3.44. The molecule has 0 saturated carbocycles. The summed E-state index contributed by atoms with van der Waals surface area (Å²) in [6.45, 7) is 4.03. The molecule has 1 atom stereocenters. The van der Waals surface area contributed by atoms with Crippen LogP contribution in [0.4, 0.5) is 5.13 Å². The lowest BCUT2D eigenvalue weighted by Gasteiger charge is -2.21. The van der Waals surface area contributed by atoms with Crippen LogP contribution in [0.25, 0.3) is 11.3 Å². The van der Waals surface area contributed by atoms with E-state index in [-0.39, 0.29) is 29.5 Å². The molecule has 36 heavy (non-hydrogen) atoms. The number of aromatic nitrogens is 4. The van der Waals surface area contributed by atoms with Crippen molar-refractivity contribution < 1.29 is 9.59 Å². The number of benzene rings is 2. The Labute approximate surface area is 226 Å². The predicted molar refractivity (Wildman–Crippen MR) is 147 cm³/mol. The lowest BCUT2D eigenvalue weighted by atomic mass is 10.0. The third kappa shape index (κ3) is 6.40. The summed E-state index contributed by atoms with van der Waals surface area (Å²) in [6, 6.07) is 16.6. The van der Waals surface area contributed by atoms with Crippen molar-refractivity contribution in [1.29, 1.82) is 0 Å². The number of rotatable bonds is 9. The highest BCUT2D eigenvalue weighted by Crippen LogP contribution is 2.27. The maximum atomic E-state index is 12.7. The number of hydrogen-bond donors (Lipinski definition) is 2. The first-order valence-electron chi connectivity index (χ1n) is 11.2. The second-order valence-electron chi connectivity index (χ2n) is 8.34. The van der Waals surface area contributed by atoms with Crippen molar-refractivity contribution in [2.24, 2.45) is 13.0 Å². The number of amides is 2. The van der Waals surface area contributed by atoms with Crippen LogP contribution in [-0.2, 0) is 11.8 Å². The van der Waals surface area contributed by atoms with Gasteiger partial charge in [-0.25, -0.2) is 4.98 Å². The quantitative estimate of drug-likeness (QED) is 0.250. The summed E-state index contributed by atoms with van der Waals surface area (Å²) < 4.78 is 2.82. The van der Waals surface area contributed by atoms with Crippen LogP contribution in [0.3, 0.4) is 0 Å². The van der Waals surface area contributed by atoms with E-state index in [4.69, 9.17) is 0 Å². The molecule has 0 bridgehead atoms. The molecule has 2 aromatic heterocycles. The molecule has 2 heterocycles. The standard InChI is InChI=1S/C25H25BrN6O2S2/c1-15(2)21(29-23(34)17-7-5-4-6-8-17)22-30-31-25(32(22)3)36-14-20(33)28-24-27-19(13-35-24)16-9-11-18(26)12-10-16/h4-13,15,21H,14H2,1-3H3,(H,29,34)(H,27,28,33)/t21-/m1/s1. The molecule has 0 saturated heterocycles. The molecule has 0 fully saturated rings. The molecule has 0 radical (unpaired) electrons. The Hall–Kier alpha value is -3.02. The van der Waals surface area contributed by atoms with Crippen LogP contribution in [0.2, 0.25) is 0 Å². The van der Waals surface area contributed by atoms with Gasteiger partial charge >= 0.3 is 0 Å². The van der Waals surface area contributed by atoms with E-state index in [0.29, 0.717) is 21.7 Å². The van der Waals surface area contributed by atoms with Gasteiger partial charge in [0.15, 0.2) is 16.1 Å². The number of hydrogen-bond acceptors (Lipinski definition) is 7. The van der Waals surface area contributed by atoms with Crippen molar-refractivity contribution >= 4 is 56.0 Å². The molecule has 0 unspecified atom stereocenters. The van der Waals surface area contributed by atoms with Crippen LogP contribution < -0.4 is 10.6 Å². The Morgan fingerprint density at radius 2 is 1.81 bits per heavy atom. The number of thiazole rings is 1. The first-order chi connectivity index (χ1) is 17.3. The minimum Gasteiger partial charge on any atom is -0.342 e. The summed E-state index contributed by atoms with van der Waals surface area (Å²) in [5.41, 5.74) is 2.38. The monoisotopic (exact) mass is 584 g/mol. The van der Waals surface area contributed by atoms with Crippen molar-refractivity contribution in [1.82, 2.24) is 25.1 Å². The number of nitrogens with one attached hydrogen (secondary N) is 2. The van der Waals surface area contributed by atoms with Crippen molar-refractivity contribution in [3.05, 3.63) is 75.8 Å². The Morgan fingerprint density at radius 1 is 1.08 bits per heavy atom. The van der Waals surface area contributed by atoms with Gasteiger partial charge in [0, 0.05) is 28.0 Å². The minimum absolute atomic E-state index is 0.0894. The highest BCUT2D eigenvalue weighted by molar-refractivity contribution is 9.10. The third-order valence-corrected chi connectivity index (χ3v) is 7.67. The van der Waals surface area contributed by atoms with Crippen molar-refractivity contribution in [2.75, 3.05) is 11.1 Å². The van der Waals surface area contributed by atoms with E-state index >= 15 is 0 Å². The molecule has 2 aromatic carbocycles. The van der Waals surface area contributed by atoms with Gasteiger partial charge in [-0.2, -0.15) is 0 Å². The van der Waals surface area contributed by atoms with E-state index in [0.717, 1.165) is 15.7 Å². The average Bonchev–Trinajstić information content (AvgIpc) is 3.48. The maximum absolute atomic E-state index is 12.7. The van der Waals surface area contributed by atoms with E-state index < -0.39 is 0 Å². The molecular weight excluding hydrogens is 560 g/mol. The van der Waals surface area contributed by atoms with Crippen LogP contribution in [0.1, 0.15) is 36.1 Å². The molecule has 4 rings (SSSR count). The number of carbonyl (C=O) groups is 2. The molecule has 2 amide bonds. The van der Waals surface area contributed by atoms with Gasteiger partial charge in [-0.15, -0.1) is 21.5 Å². The van der Waals surface area contributed by atoms with Crippen LogP contribution in [-0.4, -0.2) is 37.3 Å². The topological polar surface area (TPSA) is 102 Å². The van der Waals surface area contributed by atoms with Gasteiger partial charge in [0.1, 0.15) is 0 Å². The molecule has 8 nitrogen and oxygen atoms in total. The van der Waals surface area contributed by atoms with Gasteiger partial charge in [-0.1, -0.05) is 71.9 Å². The Kier molecular flexibility index (Phi) is 8.55.